The minimum Gasteiger partial charge on any atom is -0.226 e. The molecule has 5 nitrogen and oxygen atoms in total. The van der Waals surface area contributed by atoms with Gasteiger partial charge in [-0.1, -0.05) is 0 Å². The summed E-state index contributed by atoms with van der Waals surface area (Å²) >= 11 is 1.30. The van der Waals surface area contributed by atoms with Gasteiger partial charge in [-0.3, -0.25) is 0 Å². The van der Waals surface area contributed by atoms with Crippen LogP contribution < -0.4 is 0 Å². The van der Waals surface area contributed by atoms with E-state index in [1.807, 2.05) is 0 Å². The van der Waals surface area contributed by atoms with Crippen LogP contribution in [-0.4, -0.2) is 11.0 Å². The Morgan fingerprint density at radius 3 is 2.75 bits per heavy atom. The molecule has 0 aliphatic carbocycles. The highest BCUT2D eigenvalue weighted by Crippen LogP contribution is 2.15. The lowest BCUT2D eigenvalue weighted by atomic mass is 10.4. The van der Waals surface area contributed by atoms with Gasteiger partial charge in [-0.25, -0.2) is 4.98 Å². The standard InChI is InChI=1S/C6H3N5S/c7-3-5(4-8)10-11-6-9-1-2-12-6/h1-2,5H. The number of aromatic nitrogens is 1. The Kier molecular flexibility index (Phi) is 2.88. The molecule has 12 heavy (non-hydrogen) atoms. The average molecular weight is 177 g/mol. The average Bonchev–Trinajstić information content (AvgIpc) is 2.59. The molecule has 0 fully saturated rings. The zero-order valence-electron chi connectivity index (χ0n) is 5.88. The van der Waals surface area contributed by atoms with E-state index in [0.717, 1.165) is 0 Å². The third-order valence-corrected chi connectivity index (χ3v) is 1.58. The molecule has 0 atom stereocenters. The predicted octanol–water partition coefficient (Wildman–Crippen LogP) is 1.64. The number of thiazole rings is 1. The number of nitrogens with zero attached hydrogens (tertiary/aromatic N) is 5. The Hall–Kier alpha value is -1.79. The molecule has 1 heterocycles. The quantitative estimate of drug-likeness (QED) is 0.643. The van der Waals surface area contributed by atoms with Gasteiger partial charge < -0.3 is 0 Å². The molecule has 0 amide bonds. The highest BCUT2D eigenvalue weighted by Gasteiger charge is 2.00. The van der Waals surface area contributed by atoms with Crippen molar-refractivity contribution in [1.82, 2.24) is 4.98 Å². The maximum absolute atomic E-state index is 8.31. The van der Waals surface area contributed by atoms with Gasteiger partial charge in [-0.15, -0.1) is 16.5 Å². The second kappa shape index (κ2) is 4.16. The van der Waals surface area contributed by atoms with Crippen molar-refractivity contribution >= 4 is 16.5 Å². The first kappa shape index (κ1) is 8.31. The number of azo groups is 1. The number of rotatable bonds is 2. The van der Waals surface area contributed by atoms with E-state index in [1.54, 1.807) is 23.7 Å². The van der Waals surface area contributed by atoms with Crippen LogP contribution in [-0.2, 0) is 0 Å². The van der Waals surface area contributed by atoms with Crippen molar-refractivity contribution < 1.29 is 0 Å². The molecule has 0 unspecified atom stereocenters. The Labute approximate surface area is 72.6 Å². The molecule has 1 rings (SSSR count). The van der Waals surface area contributed by atoms with Gasteiger partial charge in [0.1, 0.15) is 12.1 Å². The summed E-state index contributed by atoms with van der Waals surface area (Å²) in [7, 11) is 0. The van der Waals surface area contributed by atoms with E-state index in [0.29, 0.717) is 5.13 Å². The highest BCUT2D eigenvalue weighted by atomic mass is 32.1. The van der Waals surface area contributed by atoms with Crippen LogP contribution in [0.15, 0.2) is 21.8 Å². The first-order chi connectivity index (χ1) is 5.86. The van der Waals surface area contributed by atoms with Crippen molar-refractivity contribution in [2.24, 2.45) is 10.2 Å². The van der Waals surface area contributed by atoms with Gasteiger partial charge in [0.05, 0.1) is 0 Å². The summed E-state index contributed by atoms with van der Waals surface area (Å²) in [6, 6.07) is 2.31. The minimum absolute atomic E-state index is 0.450. The van der Waals surface area contributed by atoms with E-state index < -0.39 is 6.04 Å². The monoisotopic (exact) mass is 177 g/mol. The SMILES string of the molecule is N#CC(C#N)N=Nc1nccs1. The third-order valence-electron chi connectivity index (χ3n) is 0.923. The molecular formula is C6H3N5S. The second-order valence-corrected chi connectivity index (χ2v) is 2.56. The molecule has 1 aromatic rings. The van der Waals surface area contributed by atoms with Crippen LogP contribution in [0, 0.1) is 22.7 Å². The summed E-state index contributed by atoms with van der Waals surface area (Å²) < 4.78 is 0. The Balaban J connectivity index is 2.64. The largest absolute Gasteiger partial charge is 0.242 e. The van der Waals surface area contributed by atoms with Crippen LogP contribution >= 0.6 is 11.3 Å². The topological polar surface area (TPSA) is 85.2 Å². The van der Waals surface area contributed by atoms with Gasteiger partial charge in [0, 0.05) is 11.6 Å². The van der Waals surface area contributed by atoms with Crippen molar-refractivity contribution in [3.8, 4) is 12.1 Å². The molecule has 0 N–H and O–H groups in total. The van der Waals surface area contributed by atoms with Gasteiger partial charge in [-0.05, 0) is 0 Å². The maximum Gasteiger partial charge on any atom is 0.242 e. The van der Waals surface area contributed by atoms with Gasteiger partial charge in [0.25, 0.3) is 0 Å². The van der Waals surface area contributed by atoms with E-state index in [9.17, 15) is 0 Å². The lowest BCUT2D eigenvalue weighted by molar-refractivity contribution is 0.946. The van der Waals surface area contributed by atoms with Crippen LogP contribution in [0.25, 0.3) is 0 Å². The summed E-state index contributed by atoms with van der Waals surface area (Å²) in [5.41, 5.74) is 0. The highest BCUT2D eigenvalue weighted by molar-refractivity contribution is 7.13. The molecular weight excluding hydrogens is 174 g/mol. The lowest BCUT2D eigenvalue weighted by Crippen LogP contribution is -1.92. The van der Waals surface area contributed by atoms with Gasteiger partial charge >= 0.3 is 0 Å². The summed E-state index contributed by atoms with van der Waals surface area (Å²) in [5, 5.41) is 25.9. The van der Waals surface area contributed by atoms with Gasteiger partial charge in [-0.2, -0.15) is 15.6 Å². The van der Waals surface area contributed by atoms with Gasteiger partial charge in [0.15, 0.2) is 0 Å². The number of hydrogen-bond donors (Lipinski definition) is 0. The molecule has 0 aromatic carbocycles. The second-order valence-electron chi connectivity index (χ2n) is 1.69. The Morgan fingerprint density at radius 1 is 1.50 bits per heavy atom. The van der Waals surface area contributed by atoms with Crippen molar-refractivity contribution in [2.75, 3.05) is 0 Å². The number of nitriles is 2. The van der Waals surface area contributed by atoms with Crippen molar-refractivity contribution in [1.29, 1.82) is 10.5 Å². The fourth-order valence-corrected chi connectivity index (χ4v) is 0.912. The van der Waals surface area contributed by atoms with Crippen molar-refractivity contribution in [2.45, 2.75) is 6.04 Å². The Morgan fingerprint density at radius 2 is 2.25 bits per heavy atom. The molecule has 0 radical (unpaired) electrons. The summed E-state index contributed by atoms with van der Waals surface area (Å²) in [6.07, 6.45) is 1.58. The first-order valence-corrected chi connectivity index (χ1v) is 3.84. The molecule has 0 bridgehead atoms. The summed E-state index contributed by atoms with van der Waals surface area (Å²) in [4.78, 5) is 3.80. The molecule has 58 valence electrons. The van der Waals surface area contributed by atoms with E-state index in [-0.39, 0.29) is 0 Å². The molecule has 0 aliphatic heterocycles. The third kappa shape index (κ3) is 2.11. The van der Waals surface area contributed by atoms with E-state index in [4.69, 9.17) is 10.5 Å². The molecule has 0 saturated heterocycles. The number of hydrogen-bond acceptors (Lipinski definition) is 6. The summed E-state index contributed by atoms with van der Waals surface area (Å²) in [6.45, 7) is 0. The van der Waals surface area contributed by atoms with Crippen molar-refractivity contribution in [3.05, 3.63) is 11.6 Å². The van der Waals surface area contributed by atoms with Gasteiger partial charge in [0.2, 0.25) is 11.2 Å². The fourth-order valence-electron chi connectivity index (χ4n) is 0.453. The molecule has 0 saturated carbocycles. The van der Waals surface area contributed by atoms with Crippen LogP contribution in [0.1, 0.15) is 0 Å². The van der Waals surface area contributed by atoms with E-state index in [1.165, 1.54) is 11.3 Å². The van der Waals surface area contributed by atoms with Crippen LogP contribution in [0.5, 0.6) is 0 Å². The first-order valence-electron chi connectivity index (χ1n) is 2.96. The lowest BCUT2D eigenvalue weighted by Gasteiger charge is -1.83. The molecule has 0 aliphatic rings. The van der Waals surface area contributed by atoms with Crippen LogP contribution in [0.2, 0.25) is 0 Å². The predicted molar refractivity (Wildman–Crippen MR) is 41.6 cm³/mol. The zero-order valence-corrected chi connectivity index (χ0v) is 6.69. The maximum atomic E-state index is 8.31. The van der Waals surface area contributed by atoms with Crippen LogP contribution in [0.4, 0.5) is 5.13 Å². The molecule has 6 heteroatoms. The normalized spacial score (nSPS) is 9.92. The Bertz CT molecular complexity index is 327. The smallest absolute Gasteiger partial charge is 0.226 e. The van der Waals surface area contributed by atoms with E-state index >= 15 is 0 Å². The molecule has 0 spiro atoms. The fraction of sp³-hybridized carbons (Fsp3) is 0.167. The van der Waals surface area contributed by atoms with E-state index in [2.05, 4.69) is 15.2 Å². The van der Waals surface area contributed by atoms with Crippen molar-refractivity contribution in [3.63, 3.8) is 0 Å². The van der Waals surface area contributed by atoms with Crippen LogP contribution in [0.3, 0.4) is 0 Å². The zero-order chi connectivity index (χ0) is 8.81. The molecule has 1 aromatic heterocycles. The summed E-state index contributed by atoms with van der Waals surface area (Å²) in [5.74, 6) is 0. The minimum atomic E-state index is -1.03.